The van der Waals surface area contributed by atoms with Crippen molar-refractivity contribution in [2.45, 2.75) is 32.2 Å². The maximum Gasteiger partial charge on any atom is 0.416 e. The van der Waals surface area contributed by atoms with E-state index in [2.05, 4.69) is 20.3 Å². The van der Waals surface area contributed by atoms with Gasteiger partial charge in [0.1, 0.15) is 5.82 Å². The van der Waals surface area contributed by atoms with Gasteiger partial charge in [0, 0.05) is 43.6 Å². The van der Waals surface area contributed by atoms with Gasteiger partial charge < -0.3 is 16.0 Å². The highest BCUT2D eigenvalue weighted by molar-refractivity contribution is 6.28. The number of carbonyl (C=O) groups is 1. The van der Waals surface area contributed by atoms with Crippen molar-refractivity contribution < 1.29 is 18.0 Å². The second-order valence-corrected chi connectivity index (χ2v) is 8.64. The summed E-state index contributed by atoms with van der Waals surface area (Å²) in [6.07, 6.45) is 0.861. The van der Waals surface area contributed by atoms with Gasteiger partial charge in [-0.05, 0) is 60.5 Å². The monoisotopic (exact) mass is 505 g/mol. The number of aromatic nitrogens is 3. The van der Waals surface area contributed by atoms with Gasteiger partial charge in [-0.15, -0.1) is 0 Å². The number of fused-ring (bicyclic) bond motifs is 2. The summed E-state index contributed by atoms with van der Waals surface area (Å²) in [5.41, 5.74) is 9.18. The molecule has 0 atom stereocenters. The van der Waals surface area contributed by atoms with Crippen LogP contribution < -0.4 is 16.0 Å². The fraction of sp³-hybridized carbons (Fsp3) is 0.304. The average molecular weight is 506 g/mol. The molecule has 0 saturated carbocycles. The van der Waals surface area contributed by atoms with Crippen molar-refractivity contribution in [1.29, 1.82) is 0 Å². The summed E-state index contributed by atoms with van der Waals surface area (Å²) in [5.74, 6) is 0.533. The third-order valence-corrected chi connectivity index (χ3v) is 5.83. The first-order valence-corrected chi connectivity index (χ1v) is 11.1. The molecule has 1 aromatic carbocycles. The van der Waals surface area contributed by atoms with Crippen LogP contribution in [0.2, 0.25) is 5.28 Å². The standard InChI is InChI=1S/C15H15ClF3N5.C8H8N2O/c1-24-6-11-12(7-24)22-14(16)23-13(11)21-5-8-2-9(15(17,18)19)4-10(20)3-8;11-6-10-4-2-7-1-3-9-5-8(7)10/h2-4H,5-7,20H2,1H3,(H,21,22,23);1,3,5-6H,2,4H2. The van der Waals surface area contributed by atoms with Crippen molar-refractivity contribution >= 4 is 35.2 Å². The molecule has 184 valence electrons. The predicted octanol–water partition coefficient (Wildman–Crippen LogP) is 3.89. The summed E-state index contributed by atoms with van der Waals surface area (Å²) in [6, 6.07) is 5.44. The lowest BCUT2D eigenvalue weighted by molar-refractivity contribution is -0.137. The van der Waals surface area contributed by atoms with E-state index in [9.17, 15) is 18.0 Å². The van der Waals surface area contributed by atoms with E-state index >= 15 is 0 Å². The van der Waals surface area contributed by atoms with E-state index in [1.165, 1.54) is 11.6 Å². The molecular weight excluding hydrogens is 483 g/mol. The van der Waals surface area contributed by atoms with E-state index in [1.807, 2.05) is 18.0 Å². The first-order valence-electron chi connectivity index (χ1n) is 10.7. The summed E-state index contributed by atoms with van der Waals surface area (Å²) in [5, 5.41) is 3.15. The molecule has 5 rings (SSSR count). The number of nitrogens with two attached hydrogens (primary N) is 1. The van der Waals surface area contributed by atoms with Crippen molar-refractivity contribution in [3.8, 4) is 0 Å². The summed E-state index contributed by atoms with van der Waals surface area (Å²) >= 11 is 5.92. The third-order valence-electron chi connectivity index (χ3n) is 5.66. The van der Waals surface area contributed by atoms with Gasteiger partial charge in [0.25, 0.3) is 0 Å². The van der Waals surface area contributed by atoms with Crippen LogP contribution in [0.1, 0.15) is 27.9 Å². The Balaban J connectivity index is 0.000000218. The summed E-state index contributed by atoms with van der Waals surface area (Å²) in [7, 11) is 1.94. The number of hydrogen-bond donors (Lipinski definition) is 2. The topological polar surface area (TPSA) is 100 Å². The molecule has 3 aromatic rings. The average Bonchev–Trinajstić information content (AvgIpc) is 3.39. The summed E-state index contributed by atoms with van der Waals surface area (Å²) < 4.78 is 38.6. The lowest BCUT2D eigenvalue weighted by Gasteiger charge is -2.13. The molecule has 0 fully saturated rings. The Morgan fingerprint density at radius 2 is 2.03 bits per heavy atom. The molecule has 0 aliphatic carbocycles. The van der Waals surface area contributed by atoms with E-state index in [4.69, 9.17) is 17.3 Å². The Morgan fingerprint density at radius 3 is 2.77 bits per heavy atom. The highest BCUT2D eigenvalue weighted by Gasteiger charge is 2.31. The number of amides is 1. The number of nitrogens with zero attached hydrogens (tertiary/aromatic N) is 5. The van der Waals surface area contributed by atoms with Crippen LogP contribution in [0.4, 0.5) is 30.4 Å². The number of pyridine rings is 1. The molecule has 4 heterocycles. The zero-order valence-electron chi connectivity index (χ0n) is 18.8. The molecule has 2 aromatic heterocycles. The number of nitrogen functional groups attached to an aromatic ring is 1. The zero-order valence-corrected chi connectivity index (χ0v) is 19.6. The highest BCUT2D eigenvalue weighted by Crippen LogP contribution is 2.32. The molecule has 8 nitrogen and oxygen atoms in total. The number of anilines is 3. The van der Waals surface area contributed by atoms with Gasteiger partial charge in [0.2, 0.25) is 11.7 Å². The van der Waals surface area contributed by atoms with E-state index in [0.717, 1.165) is 48.5 Å². The quantitative estimate of drug-likeness (QED) is 0.315. The number of halogens is 4. The lowest BCUT2D eigenvalue weighted by atomic mass is 10.1. The number of rotatable bonds is 4. The summed E-state index contributed by atoms with van der Waals surface area (Å²) in [6.45, 7) is 2.25. The third kappa shape index (κ3) is 5.80. The van der Waals surface area contributed by atoms with E-state index in [-0.39, 0.29) is 17.5 Å². The number of carbonyl (C=O) groups excluding carboxylic acids is 1. The number of alkyl halides is 3. The van der Waals surface area contributed by atoms with Crippen molar-refractivity contribution in [2.75, 3.05) is 29.5 Å². The number of hydrogen-bond acceptors (Lipinski definition) is 7. The Bertz CT molecular complexity index is 1240. The first kappa shape index (κ1) is 24.7. The Kier molecular flexibility index (Phi) is 7.08. The molecule has 3 N–H and O–H groups in total. The minimum atomic E-state index is -4.44. The fourth-order valence-corrected chi connectivity index (χ4v) is 4.24. The van der Waals surface area contributed by atoms with Crippen molar-refractivity contribution in [1.82, 2.24) is 19.9 Å². The van der Waals surface area contributed by atoms with E-state index in [0.29, 0.717) is 24.5 Å². The van der Waals surface area contributed by atoms with E-state index in [1.54, 1.807) is 17.3 Å². The zero-order chi connectivity index (χ0) is 25.2. The minimum absolute atomic E-state index is 0.0623. The second kappa shape index (κ2) is 10.0. The minimum Gasteiger partial charge on any atom is -0.399 e. The molecule has 0 bridgehead atoms. The molecule has 12 heteroatoms. The van der Waals surface area contributed by atoms with Crippen molar-refractivity contribution in [3.05, 3.63) is 69.9 Å². The van der Waals surface area contributed by atoms with Crippen molar-refractivity contribution in [3.63, 3.8) is 0 Å². The van der Waals surface area contributed by atoms with Crippen LogP contribution >= 0.6 is 11.6 Å². The largest absolute Gasteiger partial charge is 0.416 e. The first-order chi connectivity index (χ1) is 16.6. The van der Waals surface area contributed by atoms with Crippen LogP contribution in [0.15, 0.2) is 36.7 Å². The molecule has 2 aliphatic rings. The van der Waals surface area contributed by atoms with Gasteiger partial charge in [-0.3, -0.25) is 14.7 Å². The van der Waals surface area contributed by atoms with Crippen LogP contribution in [0, 0.1) is 0 Å². The Hall–Kier alpha value is -3.44. The maximum absolute atomic E-state index is 12.9. The predicted molar refractivity (Wildman–Crippen MR) is 127 cm³/mol. The molecule has 0 radical (unpaired) electrons. The second-order valence-electron chi connectivity index (χ2n) is 8.31. The van der Waals surface area contributed by atoms with Crippen LogP contribution in [-0.4, -0.2) is 39.9 Å². The Labute approximate surface area is 204 Å². The molecule has 0 spiro atoms. The highest BCUT2D eigenvalue weighted by atomic mass is 35.5. The van der Waals surface area contributed by atoms with Crippen LogP contribution in [0.3, 0.4) is 0 Å². The number of benzene rings is 1. The molecule has 1 amide bonds. The van der Waals surface area contributed by atoms with Gasteiger partial charge in [-0.1, -0.05) is 0 Å². The van der Waals surface area contributed by atoms with Crippen LogP contribution in [-0.2, 0) is 37.0 Å². The van der Waals surface area contributed by atoms with Gasteiger partial charge in [0.15, 0.2) is 0 Å². The normalized spacial score (nSPS) is 14.7. The smallest absolute Gasteiger partial charge is 0.399 e. The van der Waals surface area contributed by atoms with Gasteiger partial charge in [-0.2, -0.15) is 13.2 Å². The van der Waals surface area contributed by atoms with Crippen molar-refractivity contribution in [2.24, 2.45) is 0 Å². The number of nitrogens with one attached hydrogen (secondary N) is 1. The van der Waals surface area contributed by atoms with Crippen LogP contribution in [0.5, 0.6) is 0 Å². The molecule has 0 unspecified atom stereocenters. The maximum atomic E-state index is 12.9. The van der Waals surface area contributed by atoms with Gasteiger partial charge in [-0.25, -0.2) is 9.97 Å². The Morgan fingerprint density at radius 1 is 1.23 bits per heavy atom. The SMILES string of the molecule is CN1Cc2nc(Cl)nc(NCc3cc(N)cc(C(F)(F)F)c3)c2C1.O=CN1CCc2ccncc21. The van der Waals surface area contributed by atoms with Gasteiger partial charge >= 0.3 is 6.18 Å². The molecular formula is C23H23ClF3N7O. The lowest BCUT2D eigenvalue weighted by Crippen LogP contribution is -2.17. The van der Waals surface area contributed by atoms with Gasteiger partial charge in [0.05, 0.1) is 23.1 Å². The molecule has 2 aliphatic heterocycles. The molecule has 35 heavy (non-hydrogen) atoms. The molecule has 0 saturated heterocycles. The summed E-state index contributed by atoms with van der Waals surface area (Å²) in [4.78, 5) is 26.5. The fourth-order valence-electron chi connectivity index (χ4n) is 4.05. The van der Waals surface area contributed by atoms with Crippen LogP contribution in [0.25, 0.3) is 0 Å². The van der Waals surface area contributed by atoms with E-state index < -0.39 is 11.7 Å².